The predicted molar refractivity (Wildman–Crippen MR) is 59.5 cm³/mol. The van der Waals surface area contributed by atoms with Crippen molar-refractivity contribution in [3.63, 3.8) is 0 Å². The van der Waals surface area contributed by atoms with Crippen LogP contribution in [-0.2, 0) is 10.3 Å². The quantitative estimate of drug-likeness (QED) is 0.750. The summed E-state index contributed by atoms with van der Waals surface area (Å²) in [6.45, 7) is 4.16. The molecule has 0 radical (unpaired) electrons. The van der Waals surface area contributed by atoms with Crippen molar-refractivity contribution in [1.29, 1.82) is 0 Å². The van der Waals surface area contributed by atoms with Crippen LogP contribution in [0.2, 0.25) is 0 Å². The molecule has 0 amide bonds. The molecule has 1 unspecified atom stereocenters. The Balaban J connectivity index is 2.67. The van der Waals surface area contributed by atoms with E-state index < -0.39 is 11.5 Å². The van der Waals surface area contributed by atoms with Crippen molar-refractivity contribution >= 4 is 5.97 Å². The highest BCUT2D eigenvalue weighted by Crippen LogP contribution is 2.38. The number of hydrogen-bond donors (Lipinski definition) is 2. The molecule has 4 heteroatoms. The Labute approximate surface area is 94.0 Å². The Morgan fingerprint density at radius 3 is 2.81 bits per heavy atom. The average Bonchev–Trinajstić information content (AvgIpc) is 2.16. The van der Waals surface area contributed by atoms with Crippen molar-refractivity contribution in [2.45, 2.75) is 25.8 Å². The van der Waals surface area contributed by atoms with E-state index >= 15 is 0 Å². The molecule has 0 fully saturated rings. The van der Waals surface area contributed by atoms with Gasteiger partial charge < -0.3 is 15.6 Å². The first-order valence-electron chi connectivity index (χ1n) is 5.22. The van der Waals surface area contributed by atoms with Gasteiger partial charge in [0, 0.05) is 12.0 Å². The lowest BCUT2D eigenvalue weighted by molar-refractivity contribution is -0.145. The van der Waals surface area contributed by atoms with E-state index in [0.717, 1.165) is 11.1 Å². The zero-order valence-electron chi connectivity index (χ0n) is 9.41. The molecular formula is C12H15NO3. The summed E-state index contributed by atoms with van der Waals surface area (Å²) >= 11 is 0. The monoisotopic (exact) mass is 221 g/mol. The summed E-state index contributed by atoms with van der Waals surface area (Å²) < 4.78 is 5.49. The molecule has 1 aliphatic heterocycles. The standard InChI is InChI=1S/C12H15NO3/c1-7-5-8(2)10-9(6-7)16-4-3-12(10,13)11(14)15/h5-6H,3-4,13H2,1-2H3,(H,14,15). The van der Waals surface area contributed by atoms with Crippen molar-refractivity contribution < 1.29 is 14.6 Å². The molecule has 0 aromatic heterocycles. The fraction of sp³-hybridized carbons (Fsp3) is 0.417. The summed E-state index contributed by atoms with van der Waals surface area (Å²) in [4.78, 5) is 11.3. The second-order valence-electron chi connectivity index (χ2n) is 4.33. The van der Waals surface area contributed by atoms with E-state index in [-0.39, 0.29) is 0 Å². The van der Waals surface area contributed by atoms with Gasteiger partial charge in [0.1, 0.15) is 11.3 Å². The number of ether oxygens (including phenoxy) is 1. The first kappa shape index (κ1) is 11.0. The van der Waals surface area contributed by atoms with Gasteiger partial charge >= 0.3 is 5.97 Å². The van der Waals surface area contributed by atoms with E-state index in [1.165, 1.54) is 0 Å². The molecule has 1 atom stereocenters. The van der Waals surface area contributed by atoms with Crippen LogP contribution in [0.25, 0.3) is 0 Å². The summed E-state index contributed by atoms with van der Waals surface area (Å²) in [7, 11) is 0. The van der Waals surface area contributed by atoms with Crippen LogP contribution >= 0.6 is 0 Å². The Bertz CT molecular complexity index is 456. The lowest BCUT2D eigenvalue weighted by atomic mass is 9.82. The van der Waals surface area contributed by atoms with Crippen LogP contribution < -0.4 is 10.5 Å². The molecule has 4 nitrogen and oxygen atoms in total. The number of carboxylic acid groups (broad SMARTS) is 1. The Kier molecular flexibility index (Phi) is 2.39. The molecule has 1 aromatic carbocycles. The van der Waals surface area contributed by atoms with Crippen molar-refractivity contribution in [2.24, 2.45) is 5.73 Å². The largest absolute Gasteiger partial charge is 0.493 e. The number of nitrogens with two attached hydrogens (primary N) is 1. The maximum atomic E-state index is 11.3. The second kappa shape index (κ2) is 3.49. The summed E-state index contributed by atoms with van der Waals surface area (Å²) in [6.07, 6.45) is 0.305. The molecule has 16 heavy (non-hydrogen) atoms. The molecular weight excluding hydrogens is 206 g/mol. The van der Waals surface area contributed by atoms with Gasteiger partial charge in [-0.1, -0.05) is 6.07 Å². The van der Waals surface area contributed by atoms with Gasteiger partial charge in [-0.25, -0.2) is 4.79 Å². The summed E-state index contributed by atoms with van der Waals surface area (Å²) in [5.41, 5.74) is 7.20. The average molecular weight is 221 g/mol. The van der Waals surface area contributed by atoms with E-state index in [1.54, 1.807) is 0 Å². The smallest absolute Gasteiger partial charge is 0.328 e. The van der Waals surface area contributed by atoms with Crippen LogP contribution in [0.4, 0.5) is 0 Å². The van der Waals surface area contributed by atoms with Crippen LogP contribution in [0.15, 0.2) is 12.1 Å². The van der Waals surface area contributed by atoms with Gasteiger partial charge in [-0.2, -0.15) is 0 Å². The number of rotatable bonds is 1. The third-order valence-electron chi connectivity index (χ3n) is 3.03. The van der Waals surface area contributed by atoms with Gasteiger partial charge in [0.25, 0.3) is 0 Å². The second-order valence-corrected chi connectivity index (χ2v) is 4.33. The van der Waals surface area contributed by atoms with Crippen LogP contribution in [-0.4, -0.2) is 17.7 Å². The number of aliphatic carboxylic acids is 1. The van der Waals surface area contributed by atoms with Crippen LogP contribution in [0.5, 0.6) is 5.75 Å². The third-order valence-corrected chi connectivity index (χ3v) is 3.03. The molecule has 0 saturated heterocycles. The molecule has 2 rings (SSSR count). The maximum absolute atomic E-state index is 11.3. The Morgan fingerprint density at radius 2 is 2.19 bits per heavy atom. The van der Waals surface area contributed by atoms with Gasteiger partial charge in [-0.05, 0) is 31.0 Å². The van der Waals surface area contributed by atoms with Crippen molar-refractivity contribution in [3.8, 4) is 5.75 Å². The van der Waals surface area contributed by atoms with Gasteiger partial charge in [0.2, 0.25) is 0 Å². The molecule has 0 aliphatic carbocycles. The summed E-state index contributed by atoms with van der Waals surface area (Å²) in [6, 6.07) is 3.77. The van der Waals surface area contributed by atoms with E-state index in [0.29, 0.717) is 24.3 Å². The zero-order chi connectivity index (χ0) is 11.9. The molecule has 1 heterocycles. The number of hydrogen-bond acceptors (Lipinski definition) is 3. The van der Waals surface area contributed by atoms with E-state index in [4.69, 9.17) is 10.5 Å². The van der Waals surface area contributed by atoms with Crippen molar-refractivity contribution in [3.05, 3.63) is 28.8 Å². The summed E-state index contributed by atoms with van der Waals surface area (Å²) in [5.74, 6) is -0.391. The molecule has 0 saturated carbocycles. The Morgan fingerprint density at radius 1 is 1.50 bits per heavy atom. The van der Waals surface area contributed by atoms with Gasteiger partial charge in [-0.3, -0.25) is 0 Å². The normalized spacial score (nSPS) is 23.4. The van der Waals surface area contributed by atoms with Gasteiger partial charge in [0.05, 0.1) is 6.61 Å². The van der Waals surface area contributed by atoms with Crippen LogP contribution in [0.1, 0.15) is 23.1 Å². The number of fused-ring (bicyclic) bond motifs is 1. The first-order chi connectivity index (χ1) is 7.45. The van der Waals surface area contributed by atoms with Crippen molar-refractivity contribution in [1.82, 2.24) is 0 Å². The fourth-order valence-corrected chi connectivity index (χ4v) is 2.27. The van der Waals surface area contributed by atoms with Gasteiger partial charge in [0.15, 0.2) is 0 Å². The lowest BCUT2D eigenvalue weighted by Gasteiger charge is -2.33. The molecule has 3 N–H and O–H groups in total. The van der Waals surface area contributed by atoms with Crippen LogP contribution in [0.3, 0.4) is 0 Å². The number of aryl methyl sites for hydroxylation is 2. The topological polar surface area (TPSA) is 72.5 Å². The number of benzene rings is 1. The molecule has 0 spiro atoms. The zero-order valence-corrected chi connectivity index (χ0v) is 9.41. The molecule has 0 bridgehead atoms. The highest BCUT2D eigenvalue weighted by atomic mass is 16.5. The third kappa shape index (κ3) is 1.46. The minimum atomic E-state index is -1.31. The highest BCUT2D eigenvalue weighted by molar-refractivity contribution is 5.82. The lowest BCUT2D eigenvalue weighted by Crippen LogP contribution is -2.48. The number of carbonyl (C=O) groups is 1. The SMILES string of the molecule is Cc1cc(C)c2c(c1)OCCC2(N)C(=O)O. The number of carboxylic acids is 1. The maximum Gasteiger partial charge on any atom is 0.328 e. The predicted octanol–water partition coefficient (Wildman–Crippen LogP) is 1.32. The minimum absolute atomic E-state index is 0.305. The molecule has 86 valence electrons. The summed E-state index contributed by atoms with van der Waals surface area (Å²) in [5, 5.41) is 9.26. The fourth-order valence-electron chi connectivity index (χ4n) is 2.27. The van der Waals surface area contributed by atoms with Crippen molar-refractivity contribution in [2.75, 3.05) is 6.61 Å². The highest BCUT2D eigenvalue weighted by Gasteiger charge is 2.42. The first-order valence-corrected chi connectivity index (χ1v) is 5.22. The van der Waals surface area contributed by atoms with E-state index in [1.807, 2.05) is 26.0 Å². The van der Waals surface area contributed by atoms with E-state index in [9.17, 15) is 9.90 Å². The minimum Gasteiger partial charge on any atom is -0.493 e. The Hall–Kier alpha value is -1.55. The van der Waals surface area contributed by atoms with Crippen LogP contribution in [0, 0.1) is 13.8 Å². The van der Waals surface area contributed by atoms with Gasteiger partial charge in [-0.15, -0.1) is 0 Å². The van der Waals surface area contributed by atoms with E-state index in [2.05, 4.69) is 0 Å². The molecule has 1 aromatic rings. The molecule has 1 aliphatic rings.